The number of rotatable bonds is 6. The van der Waals surface area contributed by atoms with Gasteiger partial charge in [-0.1, -0.05) is 26.7 Å². The molecule has 5 fully saturated rings. The van der Waals surface area contributed by atoms with Gasteiger partial charge in [-0.05, 0) is 173 Å². The lowest BCUT2D eigenvalue weighted by atomic mass is 9.91. The van der Waals surface area contributed by atoms with Crippen molar-refractivity contribution >= 4 is 5.91 Å². The van der Waals surface area contributed by atoms with Gasteiger partial charge in [-0.15, -0.1) is 0 Å². The van der Waals surface area contributed by atoms with Crippen LogP contribution in [0.4, 0.5) is 0 Å². The van der Waals surface area contributed by atoms with Crippen molar-refractivity contribution in [3.05, 3.63) is 0 Å². The predicted octanol–water partition coefficient (Wildman–Crippen LogP) is 8.16. The van der Waals surface area contributed by atoms with Crippen LogP contribution in [0.2, 0.25) is 0 Å². The standard InChI is InChI=1S/C10H21N.C9H18N2O.C9H20N2.C9H19N.C8H17N/c1-8(2)11-6-9(3)5-10(4)7-11;1-7(2)11-5-4-9(6-11)10-8(3)12;1-9(2)11-6-4-5-10(3)7-8-11;1-9(2)10-7-5-3-4-6-8-10;1-7(2)9-6-4-5-8(9)3/h8-10H,5-7H2,1-4H3;7,9H,4-6H2,1-3H3,(H,10,12);9H,4-8H2,1-3H3;9H,3-8H2,1-2H3;7-8H,4-6H2,1-3H3. The van der Waals surface area contributed by atoms with Gasteiger partial charge in [-0.3, -0.25) is 19.5 Å². The number of hydrogen-bond donors (Lipinski definition) is 1. The lowest BCUT2D eigenvalue weighted by Crippen LogP contribution is -2.42. The molecule has 5 aliphatic rings. The normalized spacial score (nSPS) is 27.2. The summed E-state index contributed by atoms with van der Waals surface area (Å²) in [6.45, 7) is 45.1. The van der Waals surface area contributed by atoms with Crippen LogP contribution in [0.15, 0.2) is 0 Å². The van der Waals surface area contributed by atoms with Crippen molar-refractivity contribution in [2.75, 3.05) is 79.0 Å². The third-order valence-corrected chi connectivity index (χ3v) is 12.1. The van der Waals surface area contributed by atoms with Crippen LogP contribution in [-0.2, 0) is 4.79 Å². The van der Waals surface area contributed by atoms with Crippen molar-refractivity contribution in [3.63, 3.8) is 0 Å². The zero-order valence-electron chi connectivity index (χ0n) is 38.4. The van der Waals surface area contributed by atoms with Crippen molar-refractivity contribution in [1.82, 2.24) is 34.7 Å². The molecule has 1 amide bonds. The van der Waals surface area contributed by atoms with E-state index >= 15 is 0 Å². The van der Waals surface area contributed by atoms with Crippen molar-refractivity contribution in [2.45, 2.75) is 197 Å². The minimum atomic E-state index is 0.0885. The van der Waals surface area contributed by atoms with Crippen LogP contribution in [0.25, 0.3) is 0 Å². The van der Waals surface area contributed by atoms with E-state index < -0.39 is 0 Å². The summed E-state index contributed by atoms with van der Waals surface area (Å²) in [5.74, 6) is 1.90. The van der Waals surface area contributed by atoms with Gasteiger partial charge < -0.3 is 20.0 Å². The van der Waals surface area contributed by atoms with Gasteiger partial charge in [0, 0.05) is 88.5 Å². The monoisotopic (exact) mass is 750 g/mol. The zero-order valence-corrected chi connectivity index (χ0v) is 38.4. The minimum Gasteiger partial charge on any atom is -0.352 e. The molecule has 5 saturated heterocycles. The van der Waals surface area contributed by atoms with Crippen LogP contribution in [0, 0.1) is 11.8 Å². The second-order valence-corrected chi connectivity index (χ2v) is 18.9. The van der Waals surface area contributed by atoms with Crippen molar-refractivity contribution in [1.29, 1.82) is 0 Å². The maximum Gasteiger partial charge on any atom is 0.217 e. The number of likely N-dealkylation sites (tertiary alicyclic amines) is 4. The topological polar surface area (TPSA) is 48.5 Å². The van der Waals surface area contributed by atoms with Gasteiger partial charge in [0.25, 0.3) is 0 Å². The van der Waals surface area contributed by atoms with E-state index in [4.69, 9.17) is 0 Å². The van der Waals surface area contributed by atoms with E-state index in [2.05, 4.69) is 132 Å². The summed E-state index contributed by atoms with van der Waals surface area (Å²) in [6.07, 6.45) is 12.4. The van der Waals surface area contributed by atoms with Crippen LogP contribution >= 0.6 is 0 Å². The molecule has 0 radical (unpaired) electrons. The fourth-order valence-electron chi connectivity index (χ4n) is 8.71. The molecule has 0 aromatic carbocycles. The molecule has 1 N–H and O–H groups in total. The van der Waals surface area contributed by atoms with E-state index in [0.29, 0.717) is 12.1 Å². The quantitative estimate of drug-likeness (QED) is 0.294. The molecule has 5 rings (SSSR count). The van der Waals surface area contributed by atoms with Crippen LogP contribution < -0.4 is 5.32 Å². The minimum absolute atomic E-state index is 0.0885. The van der Waals surface area contributed by atoms with E-state index in [0.717, 1.165) is 61.6 Å². The number of carbonyl (C=O) groups excluding carboxylic acids is 1. The first kappa shape index (κ1) is 50.2. The van der Waals surface area contributed by atoms with Gasteiger partial charge in [-0.2, -0.15) is 0 Å². The van der Waals surface area contributed by atoms with Gasteiger partial charge in [0.15, 0.2) is 0 Å². The molecular weight excluding hydrogens is 655 g/mol. The molecule has 53 heavy (non-hydrogen) atoms. The summed E-state index contributed by atoms with van der Waals surface area (Å²) in [5.41, 5.74) is 0. The number of piperidine rings is 1. The van der Waals surface area contributed by atoms with Crippen LogP contribution in [0.5, 0.6) is 0 Å². The Morgan fingerprint density at radius 2 is 1.02 bits per heavy atom. The van der Waals surface area contributed by atoms with Gasteiger partial charge in [-0.25, -0.2) is 0 Å². The molecule has 0 saturated carbocycles. The molecular formula is C45H95N7O. The Labute approximate surface area is 332 Å². The third-order valence-electron chi connectivity index (χ3n) is 12.1. The van der Waals surface area contributed by atoms with Crippen molar-refractivity contribution in [2.24, 2.45) is 11.8 Å². The Morgan fingerprint density at radius 1 is 0.509 bits per heavy atom. The van der Waals surface area contributed by atoms with E-state index in [9.17, 15) is 4.79 Å². The van der Waals surface area contributed by atoms with Crippen LogP contribution in [0.3, 0.4) is 0 Å². The summed E-state index contributed by atoms with van der Waals surface area (Å²) in [4.78, 5) is 25.9. The average Bonchev–Trinajstić information content (AvgIpc) is 3.54. The van der Waals surface area contributed by atoms with Gasteiger partial charge >= 0.3 is 0 Å². The number of nitrogens with zero attached hydrogens (tertiary/aromatic N) is 6. The van der Waals surface area contributed by atoms with Crippen molar-refractivity contribution in [3.8, 4) is 0 Å². The summed E-state index contributed by atoms with van der Waals surface area (Å²) in [6, 6.07) is 4.79. The molecule has 5 aliphatic heterocycles. The van der Waals surface area contributed by atoms with Crippen molar-refractivity contribution < 1.29 is 4.79 Å². The molecule has 8 nitrogen and oxygen atoms in total. The molecule has 316 valence electrons. The highest BCUT2D eigenvalue weighted by Crippen LogP contribution is 2.22. The fourth-order valence-corrected chi connectivity index (χ4v) is 8.71. The fraction of sp³-hybridized carbons (Fsp3) is 0.978. The Morgan fingerprint density at radius 3 is 1.43 bits per heavy atom. The zero-order chi connectivity index (χ0) is 40.1. The second-order valence-electron chi connectivity index (χ2n) is 18.9. The average molecular weight is 750 g/mol. The number of carbonyl (C=O) groups is 1. The molecule has 5 heterocycles. The molecule has 0 aromatic heterocycles. The Hall–Kier alpha value is -0.770. The molecule has 0 bridgehead atoms. The van der Waals surface area contributed by atoms with E-state index in [1.54, 1.807) is 6.92 Å². The lowest BCUT2D eigenvalue weighted by molar-refractivity contribution is -0.119. The maximum atomic E-state index is 10.7. The number of amides is 1. The smallest absolute Gasteiger partial charge is 0.217 e. The first-order valence-electron chi connectivity index (χ1n) is 22.6. The summed E-state index contributed by atoms with van der Waals surface area (Å²) in [5, 5.41) is 2.95. The Balaban J connectivity index is 0.000000332. The Kier molecular flexibility index (Phi) is 26.3. The van der Waals surface area contributed by atoms with Crippen LogP contribution in [-0.4, -0.2) is 157 Å². The molecule has 0 aliphatic carbocycles. The first-order chi connectivity index (χ1) is 24.9. The first-order valence-corrected chi connectivity index (χ1v) is 22.6. The van der Waals surface area contributed by atoms with E-state index in [1.807, 2.05) is 0 Å². The third kappa shape index (κ3) is 22.5. The van der Waals surface area contributed by atoms with Crippen LogP contribution in [0.1, 0.15) is 155 Å². The summed E-state index contributed by atoms with van der Waals surface area (Å²) < 4.78 is 0. The highest BCUT2D eigenvalue weighted by atomic mass is 16.1. The highest BCUT2D eigenvalue weighted by molar-refractivity contribution is 5.73. The largest absolute Gasteiger partial charge is 0.352 e. The number of nitrogens with one attached hydrogen (secondary N) is 1. The number of likely N-dealkylation sites (N-methyl/N-ethyl adjacent to an activating group) is 1. The lowest BCUT2D eigenvalue weighted by Gasteiger charge is -2.37. The molecule has 0 spiro atoms. The molecule has 4 atom stereocenters. The van der Waals surface area contributed by atoms with Gasteiger partial charge in [0.1, 0.15) is 0 Å². The molecule has 4 unspecified atom stereocenters. The predicted molar refractivity (Wildman–Crippen MR) is 233 cm³/mol. The van der Waals surface area contributed by atoms with Gasteiger partial charge in [0.2, 0.25) is 5.91 Å². The molecule has 0 aromatic rings. The SMILES string of the molecule is CC(=O)NC1CCN(C(C)C)C1.CC(C)N1CCCC1C.CC(C)N1CCCCCC1.CC(C)N1CCCN(C)CC1.CC1CC(C)CN(C(C)C)C1. The van der Waals surface area contributed by atoms with E-state index in [1.165, 1.54) is 110 Å². The summed E-state index contributed by atoms with van der Waals surface area (Å²) >= 11 is 0. The highest BCUT2D eigenvalue weighted by Gasteiger charge is 2.25. The maximum absolute atomic E-state index is 10.7. The summed E-state index contributed by atoms with van der Waals surface area (Å²) in [7, 11) is 2.21. The van der Waals surface area contributed by atoms with E-state index in [-0.39, 0.29) is 5.91 Å². The second kappa shape index (κ2) is 27.8. The Bertz CT molecular complexity index is 893. The molecule has 8 heteroatoms. The number of hydrogen-bond acceptors (Lipinski definition) is 7. The van der Waals surface area contributed by atoms with Gasteiger partial charge in [0.05, 0.1) is 0 Å².